The van der Waals surface area contributed by atoms with Crippen molar-refractivity contribution in [3.8, 4) is 5.75 Å². The Bertz CT molecular complexity index is 1250. The molecule has 10 heteroatoms. The van der Waals surface area contributed by atoms with E-state index in [0.717, 1.165) is 11.1 Å². The number of sulfonamides is 1. The minimum atomic E-state index is -4.14. The van der Waals surface area contributed by atoms with Crippen molar-refractivity contribution in [2.45, 2.75) is 36.4 Å². The zero-order valence-corrected chi connectivity index (χ0v) is 20.9. The van der Waals surface area contributed by atoms with Gasteiger partial charge in [0.1, 0.15) is 11.3 Å². The van der Waals surface area contributed by atoms with Crippen LogP contribution in [0.2, 0.25) is 0 Å². The summed E-state index contributed by atoms with van der Waals surface area (Å²) in [5.74, 6) is -0.216. The molecule has 4 rings (SSSR count). The van der Waals surface area contributed by atoms with Crippen LogP contribution in [0.3, 0.4) is 0 Å². The Balaban J connectivity index is 1.70. The summed E-state index contributed by atoms with van der Waals surface area (Å²) in [4.78, 5) is 19.6. The number of methoxy groups -OCH3 is 1. The van der Waals surface area contributed by atoms with E-state index in [4.69, 9.17) is 4.74 Å². The van der Waals surface area contributed by atoms with E-state index in [1.54, 1.807) is 30.0 Å². The highest BCUT2D eigenvalue weighted by Gasteiger charge is 2.51. The minimum absolute atomic E-state index is 0.0226. The Kier molecular flexibility index (Phi) is 8.00. The molecule has 1 aliphatic heterocycles. The van der Waals surface area contributed by atoms with Crippen LogP contribution in [0.25, 0.3) is 0 Å². The average molecular weight is 511 g/mol. The second-order valence-corrected chi connectivity index (χ2v) is 10.6. The molecule has 2 aromatic carbocycles. The number of likely N-dealkylation sites (tertiary alicyclic amines) is 1. The number of benzene rings is 2. The quantitative estimate of drug-likeness (QED) is 0.336. The smallest absolute Gasteiger partial charge is 0.265 e. The third-order valence-corrected chi connectivity index (χ3v) is 8.56. The second kappa shape index (κ2) is 11.2. The van der Waals surface area contributed by atoms with Crippen molar-refractivity contribution in [1.29, 1.82) is 0 Å². The van der Waals surface area contributed by atoms with Crippen LogP contribution in [-0.2, 0) is 27.9 Å². The van der Waals surface area contributed by atoms with Gasteiger partial charge in [-0.25, -0.2) is 13.9 Å². The maximum Gasteiger partial charge on any atom is 0.265 e. The molecule has 190 valence electrons. The van der Waals surface area contributed by atoms with E-state index in [-0.39, 0.29) is 24.3 Å². The van der Waals surface area contributed by atoms with Gasteiger partial charge in [-0.1, -0.05) is 36.4 Å². The first-order valence-electron chi connectivity index (χ1n) is 11.7. The number of amides is 1. The molecule has 0 saturated carbocycles. The van der Waals surface area contributed by atoms with Crippen molar-refractivity contribution in [2.24, 2.45) is 0 Å². The van der Waals surface area contributed by atoms with Gasteiger partial charge in [0.25, 0.3) is 5.91 Å². The molecule has 1 aromatic heterocycles. The molecule has 2 N–H and O–H groups in total. The lowest BCUT2D eigenvalue weighted by Gasteiger charge is -2.46. The fraction of sp³-hybridized carbons (Fsp3) is 0.308. The van der Waals surface area contributed by atoms with Crippen molar-refractivity contribution < 1.29 is 23.2 Å². The maximum absolute atomic E-state index is 14.0. The number of ether oxygens (including phenoxy) is 1. The largest absolute Gasteiger partial charge is 0.497 e. The molecule has 0 atom stereocenters. The molecule has 3 aromatic rings. The molecule has 36 heavy (non-hydrogen) atoms. The van der Waals surface area contributed by atoms with Gasteiger partial charge in [0, 0.05) is 38.6 Å². The Morgan fingerprint density at radius 1 is 1.06 bits per heavy atom. The zero-order valence-electron chi connectivity index (χ0n) is 20.1. The minimum Gasteiger partial charge on any atom is -0.497 e. The molecule has 1 aliphatic rings. The van der Waals surface area contributed by atoms with E-state index in [2.05, 4.69) is 9.88 Å². The number of carbonyl (C=O) groups excluding carboxylic acids is 1. The summed E-state index contributed by atoms with van der Waals surface area (Å²) in [6.45, 7) is 1.54. The Morgan fingerprint density at radius 3 is 2.31 bits per heavy atom. The summed E-state index contributed by atoms with van der Waals surface area (Å²) >= 11 is 0. The van der Waals surface area contributed by atoms with E-state index in [9.17, 15) is 18.4 Å². The van der Waals surface area contributed by atoms with E-state index in [0.29, 0.717) is 25.4 Å². The Morgan fingerprint density at radius 2 is 1.72 bits per heavy atom. The van der Waals surface area contributed by atoms with Gasteiger partial charge in [-0.15, -0.1) is 0 Å². The summed E-state index contributed by atoms with van der Waals surface area (Å²) in [7, 11) is -2.63. The van der Waals surface area contributed by atoms with Crippen molar-refractivity contribution in [3.63, 3.8) is 0 Å². The molecular formula is C26H30N4O5S. The first-order valence-corrected chi connectivity index (χ1v) is 13.1. The van der Waals surface area contributed by atoms with Crippen LogP contribution < -0.4 is 10.2 Å². The van der Waals surface area contributed by atoms with E-state index >= 15 is 0 Å². The topological polar surface area (TPSA) is 112 Å². The maximum atomic E-state index is 14.0. The number of piperidine rings is 1. The van der Waals surface area contributed by atoms with Gasteiger partial charge in [0.2, 0.25) is 10.0 Å². The first-order chi connectivity index (χ1) is 17.4. The molecule has 2 heterocycles. The van der Waals surface area contributed by atoms with Crippen LogP contribution in [0.1, 0.15) is 24.0 Å². The third-order valence-electron chi connectivity index (χ3n) is 6.63. The number of pyridine rings is 1. The van der Waals surface area contributed by atoms with Gasteiger partial charge in [0.15, 0.2) is 0 Å². The van der Waals surface area contributed by atoms with Gasteiger partial charge in [-0.3, -0.25) is 19.9 Å². The van der Waals surface area contributed by atoms with Crippen LogP contribution in [-0.4, -0.2) is 59.5 Å². The molecule has 0 radical (unpaired) electrons. The summed E-state index contributed by atoms with van der Waals surface area (Å²) in [5, 5.41) is 9.71. The lowest BCUT2D eigenvalue weighted by Crippen LogP contribution is -2.63. The van der Waals surface area contributed by atoms with Gasteiger partial charge >= 0.3 is 0 Å². The zero-order chi connectivity index (χ0) is 25.6. The van der Waals surface area contributed by atoms with Gasteiger partial charge in [-0.2, -0.15) is 4.31 Å². The van der Waals surface area contributed by atoms with E-state index < -0.39 is 21.5 Å². The van der Waals surface area contributed by atoms with E-state index in [1.807, 2.05) is 42.5 Å². The standard InChI is InChI=1S/C26H30N4O5S/c1-35-23-9-11-24(12-10-23)36(33,34)30(20-21-6-3-2-4-7-21)26(25(31)28-32)13-16-29(17-14-26)19-22-8-5-15-27-18-22/h2-12,15,18,32H,13-14,16-17,19-20H2,1H3,(H,28,31). The third kappa shape index (κ3) is 5.41. The molecule has 0 bridgehead atoms. The predicted octanol–water partition coefficient (Wildman–Crippen LogP) is 2.82. The number of rotatable bonds is 9. The fourth-order valence-corrected chi connectivity index (χ4v) is 6.39. The molecule has 0 spiro atoms. The molecule has 0 aliphatic carbocycles. The Labute approximate surface area is 211 Å². The lowest BCUT2D eigenvalue weighted by molar-refractivity contribution is -0.142. The Hall–Kier alpha value is -3.31. The van der Waals surface area contributed by atoms with Crippen molar-refractivity contribution >= 4 is 15.9 Å². The number of nitrogens with one attached hydrogen (secondary N) is 1. The molecular weight excluding hydrogens is 480 g/mol. The summed E-state index contributed by atoms with van der Waals surface area (Å²) in [6.07, 6.45) is 3.92. The number of carbonyl (C=O) groups is 1. The SMILES string of the molecule is COc1ccc(S(=O)(=O)N(Cc2ccccc2)C2(C(=O)NO)CCN(Cc3cccnc3)CC2)cc1. The monoisotopic (exact) mass is 510 g/mol. The van der Waals surface area contributed by atoms with Crippen molar-refractivity contribution in [1.82, 2.24) is 19.7 Å². The normalized spacial score (nSPS) is 16.0. The van der Waals surface area contributed by atoms with Gasteiger partial charge in [0.05, 0.1) is 12.0 Å². The molecule has 0 unspecified atom stereocenters. The summed E-state index contributed by atoms with van der Waals surface area (Å²) in [6, 6.07) is 19.0. The molecule has 9 nitrogen and oxygen atoms in total. The highest BCUT2D eigenvalue weighted by Crippen LogP contribution is 2.36. The van der Waals surface area contributed by atoms with Crippen LogP contribution >= 0.6 is 0 Å². The number of hydrogen-bond donors (Lipinski definition) is 2. The van der Waals surface area contributed by atoms with Gasteiger partial charge < -0.3 is 4.74 Å². The average Bonchev–Trinajstić information content (AvgIpc) is 2.93. The van der Waals surface area contributed by atoms with Gasteiger partial charge in [-0.05, 0) is 54.3 Å². The molecule has 1 saturated heterocycles. The number of aromatic nitrogens is 1. The van der Waals surface area contributed by atoms with Crippen molar-refractivity contribution in [2.75, 3.05) is 20.2 Å². The summed E-state index contributed by atoms with van der Waals surface area (Å²) < 4.78 is 34.5. The van der Waals surface area contributed by atoms with Crippen LogP contribution in [0.5, 0.6) is 5.75 Å². The van der Waals surface area contributed by atoms with Crippen LogP contribution in [0, 0.1) is 0 Å². The second-order valence-electron chi connectivity index (χ2n) is 8.78. The predicted molar refractivity (Wildman–Crippen MR) is 134 cm³/mol. The summed E-state index contributed by atoms with van der Waals surface area (Å²) in [5.41, 5.74) is 2.04. The lowest BCUT2D eigenvalue weighted by atomic mass is 9.86. The van der Waals surface area contributed by atoms with Crippen LogP contribution in [0.15, 0.2) is 84.0 Å². The number of nitrogens with zero attached hydrogens (tertiary/aromatic N) is 3. The first kappa shape index (κ1) is 25.8. The molecule has 1 amide bonds. The van der Waals surface area contributed by atoms with E-state index in [1.165, 1.54) is 23.5 Å². The molecule has 1 fully saturated rings. The van der Waals surface area contributed by atoms with Crippen LogP contribution in [0.4, 0.5) is 0 Å². The van der Waals surface area contributed by atoms with Crippen molar-refractivity contribution in [3.05, 3.63) is 90.3 Å². The number of hydroxylamine groups is 1. The number of hydrogen-bond acceptors (Lipinski definition) is 7. The highest BCUT2D eigenvalue weighted by atomic mass is 32.2. The fourth-order valence-electron chi connectivity index (χ4n) is 4.62. The highest BCUT2D eigenvalue weighted by molar-refractivity contribution is 7.89.